The predicted molar refractivity (Wildman–Crippen MR) is 73.5 cm³/mol. The first kappa shape index (κ1) is 16.6. The zero-order valence-electron chi connectivity index (χ0n) is 12.0. The highest BCUT2D eigenvalue weighted by Gasteiger charge is 2.31. The first-order valence-corrected chi connectivity index (χ1v) is 6.12. The highest BCUT2D eigenvalue weighted by molar-refractivity contribution is 6.27. The standard InChI is InChI=1S/C15H16O6/c1-9(16)11(14(18)20-2)12(15(19)21-3)13(17)10-7-5-4-6-8-10/h4-9,16H,1-3H3/b12-11-. The Morgan fingerprint density at radius 1 is 1.00 bits per heavy atom. The third-order valence-corrected chi connectivity index (χ3v) is 2.74. The van der Waals surface area contributed by atoms with Crippen LogP contribution in [-0.2, 0) is 19.1 Å². The third kappa shape index (κ3) is 3.76. The number of carbonyl (C=O) groups excluding carboxylic acids is 3. The monoisotopic (exact) mass is 292 g/mol. The molecule has 1 rings (SSSR count). The van der Waals surface area contributed by atoms with Gasteiger partial charge in [0.05, 0.1) is 25.9 Å². The molecule has 0 fully saturated rings. The van der Waals surface area contributed by atoms with E-state index in [4.69, 9.17) is 0 Å². The molecule has 0 bridgehead atoms. The van der Waals surface area contributed by atoms with Crippen molar-refractivity contribution in [2.24, 2.45) is 0 Å². The summed E-state index contributed by atoms with van der Waals surface area (Å²) >= 11 is 0. The molecule has 0 saturated carbocycles. The average molecular weight is 292 g/mol. The van der Waals surface area contributed by atoms with Gasteiger partial charge in [0.15, 0.2) is 0 Å². The van der Waals surface area contributed by atoms with Gasteiger partial charge in [-0.1, -0.05) is 30.3 Å². The minimum absolute atomic E-state index is 0.194. The number of Topliss-reactive ketones (excluding diaryl/α,β-unsaturated/α-hetero) is 1. The van der Waals surface area contributed by atoms with Gasteiger partial charge in [0.2, 0.25) is 5.78 Å². The molecule has 0 radical (unpaired) electrons. The molecule has 0 heterocycles. The summed E-state index contributed by atoms with van der Waals surface area (Å²) in [6.45, 7) is 1.26. The van der Waals surface area contributed by atoms with E-state index in [1.165, 1.54) is 19.1 Å². The van der Waals surface area contributed by atoms with E-state index < -0.39 is 35.0 Å². The SMILES string of the molecule is COC(=O)/C(C(=O)c1ccccc1)=C(\C(=O)OC)C(C)O. The van der Waals surface area contributed by atoms with Crippen molar-refractivity contribution in [3.63, 3.8) is 0 Å². The number of aliphatic hydroxyl groups is 1. The van der Waals surface area contributed by atoms with Crippen LogP contribution < -0.4 is 0 Å². The lowest BCUT2D eigenvalue weighted by Gasteiger charge is -2.13. The van der Waals surface area contributed by atoms with Crippen LogP contribution in [0.25, 0.3) is 0 Å². The molecule has 0 aliphatic heterocycles. The summed E-state index contributed by atoms with van der Waals surface area (Å²) in [5, 5.41) is 9.71. The minimum Gasteiger partial charge on any atom is -0.466 e. The molecule has 1 aromatic rings. The van der Waals surface area contributed by atoms with Gasteiger partial charge in [-0.05, 0) is 6.92 Å². The second-order valence-electron chi connectivity index (χ2n) is 4.14. The number of hydrogen-bond acceptors (Lipinski definition) is 6. The van der Waals surface area contributed by atoms with Crippen molar-refractivity contribution < 1.29 is 29.0 Å². The molecule has 0 aliphatic carbocycles. The average Bonchev–Trinajstić information content (AvgIpc) is 2.50. The number of esters is 2. The maximum Gasteiger partial charge on any atom is 0.342 e. The van der Waals surface area contributed by atoms with Crippen molar-refractivity contribution in [1.29, 1.82) is 0 Å². The van der Waals surface area contributed by atoms with Crippen LogP contribution in [0, 0.1) is 0 Å². The Morgan fingerprint density at radius 2 is 1.52 bits per heavy atom. The van der Waals surface area contributed by atoms with Crippen molar-refractivity contribution in [1.82, 2.24) is 0 Å². The summed E-state index contributed by atoms with van der Waals surface area (Å²) in [7, 11) is 2.17. The number of methoxy groups -OCH3 is 2. The van der Waals surface area contributed by atoms with Crippen LogP contribution >= 0.6 is 0 Å². The van der Waals surface area contributed by atoms with Gasteiger partial charge in [-0.3, -0.25) is 4.79 Å². The molecule has 112 valence electrons. The second-order valence-corrected chi connectivity index (χ2v) is 4.14. The lowest BCUT2D eigenvalue weighted by molar-refractivity contribution is -0.140. The van der Waals surface area contributed by atoms with Crippen LogP contribution in [0.3, 0.4) is 0 Å². The van der Waals surface area contributed by atoms with Crippen molar-refractivity contribution in [2.75, 3.05) is 14.2 Å². The van der Waals surface area contributed by atoms with E-state index >= 15 is 0 Å². The lowest BCUT2D eigenvalue weighted by Crippen LogP contribution is -2.26. The summed E-state index contributed by atoms with van der Waals surface area (Å²) in [6, 6.07) is 7.91. The molecule has 1 aromatic carbocycles. The number of ether oxygens (including phenoxy) is 2. The summed E-state index contributed by atoms with van der Waals surface area (Å²) in [5.41, 5.74) is -0.774. The molecule has 6 nitrogen and oxygen atoms in total. The fourth-order valence-corrected chi connectivity index (χ4v) is 1.75. The van der Waals surface area contributed by atoms with Crippen LogP contribution in [0.5, 0.6) is 0 Å². The Morgan fingerprint density at radius 3 is 1.95 bits per heavy atom. The molecule has 0 amide bonds. The first-order chi connectivity index (χ1) is 9.93. The number of hydrogen-bond donors (Lipinski definition) is 1. The second kappa shape index (κ2) is 7.35. The topological polar surface area (TPSA) is 89.9 Å². The number of benzene rings is 1. The van der Waals surface area contributed by atoms with E-state index in [2.05, 4.69) is 9.47 Å². The summed E-state index contributed by atoms with van der Waals surface area (Å²) in [5.74, 6) is -2.69. The Balaban J connectivity index is 3.50. The number of rotatable bonds is 5. The molecule has 1 N–H and O–H groups in total. The van der Waals surface area contributed by atoms with Gasteiger partial charge in [0, 0.05) is 5.56 Å². The van der Waals surface area contributed by atoms with E-state index in [1.54, 1.807) is 18.2 Å². The third-order valence-electron chi connectivity index (χ3n) is 2.74. The van der Waals surface area contributed by atoms with E-state index in [9.17, 15) is 19.5 Å². The quantitative estimate of drug-likeness (QED) is 0.285. The molecule has 0 spiro atoms. The van der Waals surface area contributed by atoms with Gasteiger partial charge < -0.3 is 14.6 Å². The molecule has 0 saturated heterocycles. The van der Waals surface area contributed by atoms with E-state index in [0.717, 1.165) is 14.2 Å². The fourth-order valence-electron chi connectivity index (χ4n) is 1.75. The zero-order chi connectivity index (χ0) is 16.0. The molecule has 0 aromatic heterocycles. The van der Waals surface area contributed by atoms with Gasteiger partial charge in [0.25, 0.3) is 0 Å². The van der Waals surface area contributed by atoms with Crippen LogP contribution in [0.2, 0.25) is 0 Å². The van der Waals surface area contributed by atoms with Gasteiger partial charge in [0.1, 0.15) is 5.57 Å². The molecular formula is C15H16O6. The molecule has 21 heavy (non-hydrogen) atoms. The van der Waals surface area contributed by atoms with Gasteiger partial charge >= 0.3 is 11.9 Å². The Labute approximate surface area is 122 Å². The predicted octanol–water partition coefficient (Wildman–Crippen LogP) is 0.893. The normalized spacial score (nSPS) is 13.0. The smallest absolute Gasteiger partial charge is 0.342 e. The van der Waals surface area contributed by atoms with Crippen molar-refractivity contribution in [3.05, 3.63) is 47.0 Å². The summed E-state index contributed by atoms with van der Waals surface area (Å²) in [4.78, 5) is 36.1. The summed E-state index contributed by atoms with van der Waals surface area (Å²) < 4.78 is 9.06. The van der Waals surface area contributed by atoms with Crippen LogP contribution in [0.1, 0.15) is 17.3 Å². The van der Waals surface area contributed by atoms with Crippen molar-refractivity contribution in [3.8, 4) is 0 Å². The van der Waals surface area contributed by atoms with Gasteiger partial charge in [-0.15, -0.1) is 0 Å². The molecular weight excluding hydrogens is 276 g/mol. The largest absolute Gasteiger partial charge is 0.466 e. The van der Waals surface area contributed by atoms with Crippen LogP contribution in [0.4, 0.5) is 0 Å². The Hall–Kier alpha value is -2.47. The Bertz CT molecular complexity index is 571. The van der Waals surface area contributed by atoms with Crippen LogP contribution in [0.15, 0.2) is 41.5 Å². The van der Waals surface area contributed by atoms with E-state index in [-0.39, 0.29) is 5.56 Å². The van der Waals surface area contributed by atoms with Crippen LogP contribution in [-0.4, -0.2) is 43.2 Å². The summed E-state index contributed by atoms with van der Waals surface area (Å²) in [6.07, 6.45) is -1.36. The van der Waals surface area contributed by atoms with Crippen molar-refractivity contribution >= 4 is 17.7 Å². The highest BCUT2D eigenvalue weighted by atomic mass is 16.5. The molecule has 0 aliphatic rings. The lowest BCUT2D eigenvalue weighted by atomic mass is 9.95. The molecule has 6 heteroatoms. The fraction of sp³-hybridized carbons (Fsp3) is 0.267. The van der Waals surface area contributed by atoms with Gasteiger partial charge in [-0.25, -0.2) is 9.59 Å². The van der Waals surface area contributed by atoms with E-state index in [1.807, 2.05) is 0 Å². The van der Waals surface area contributed by atoms with Gasteiger partial charge in [-0.2, -0.15) is 0 Å². The highest BCUT2D eigenvalue weighted by Crippen LogP contribution is 2.18. The van der Waals surface area contributed by atoms with E-state index in [0.29, 0.717) is 0 Å². The number of ketones is 1. The molecule has 1 atom stereocenters. The zero-order valence-corrected chi connectivity index (χ0v) is 12.0. The number of aliphatic hydroxyl groups excluding tert-OH is 1. The Kier molecular flexibility index (Phi) is 5.80. The number of carbonyl (C=O) groups is 3. The first-order valence-electron chi connectivity index (χ1n) is 6.12. The minimum atomic E-state index is -1.36. The maximum absolute atomic E-state index is 12.4. The van der Waals surface area contributed by atoms with Crippen molar-refractivity contribution in [2.45, 2.75) is 13.0 Å². The maximum atomic E-state index is 12.4. The molecule has 1 unspecified atom stereocenters.